The summed E-state index contributed by atoms with van der Waals surface area (Å²) in [6, 6.07) is 0. The summed E-state index contributed by atoms with van der Waals surface area (Å²) in [5, 5.41) is 3.32. The highest BCUT2D eigenvalue weighted by Crippen LogP contribution is 2.39. The molecule has 0 aromatic rings. The molecule has 1 saturated heterocycles. The highest BCUT2D eigenvalue weighted by atomic mass is 16.5. The molecule has 1 N–H and O–H groups in total. The predicted octanol–water partition coefficient (Wildman–Crippen LogP) is 1.26. The Hall–Kier alpha value is -0.610. The fourth-order valence-corrected chi connectivity index (χ4v) is 2.95. The fraction of sp³-hybridized carbons (Fsp3) is 0.923. The highest BCUT2D eigenvalue weighted by Gasteiger charge is 2.55. The zero-order valence-corrected chi connectivity index (χ0v) is 10.4. The van der Waals surface area contributed by atoms with Gasteiger partial charge < -0.3 is 9.64 Å². The van der Waals surface area contributed by atoms with E-state index in [1.807, 2.05) is 4.90 Å². The summed E-state index contributed by atoms with van der Waals surface area (Å²) in [5.74, 6) is 0.296. The van der Waals surface area contributed by atoms with Crippen molar-refractivity contribution in [1.82, 2.24) is 10.2 Å². The number of rotatable bonds is 4. The van der Waals surface area contributed by atoms with Crippen LogP contribution in [0.1, 0.15) is 44.9 Å². The van der Waals surface area contributed by atoms with Crippen molar-refractivity contribution in [2.75, 3.05) is 19.8 Å². The third-order valence-corrected chi connectivity index (χ3v) is 4.32. The Bertz CT molecular complexity index is 296. The minimum atomic E-state index is -0.148. The van der Waals surface area contributed by atoms with Crippen molar-refractivity contribution in [3.8, 4) is 0 Å². The van der Waals surface area contributed by atoms with Gasteiger partial charge in [0.2, 0.25) is 5.91 Å². The lowest BCUT2D eigenvalue weighted by Gasteiger charge is -2.23. The maximum atomic E-state index is 12.0. The monoisotopic (exact) mass is 238 g/mol. The van der Waals surface area contributed by atoms with E-state index in [4.69, 9.17) is 4.74 Å². The molecule has 17 heavy (non-hydrogen) atoms. The van der Waals surface area contributed by atoms with Crippen LogP contribution < -0.4 is 5.32 Å². The van der Waals surface area contributed by atoms with Crippen LogP contribution >= 0.6 is 0 Å². The molecule has 0 unspecified atom stereocenters. The fourth-order valence-electron chi connectivity index (χ4n) is 2.95. The summed E-state index contributed by atoms with van der Waals surface area (Å²) >= 11 is 0. The lowest BCUT2D eigenvalue weighted by atomic mass is 9.98. The van der Waals surface area contributed by atoms with E-state index in [9.17, 15) is 4.79 Å². The van der Waals surface area contributed by atoms with Crippen LogP contribution in [0.2, 0.25) is 0 Å². The van der Waals surface area contributed by atoms with Crippen molar-refractivity contribution in [3.63, 3.8) is 0 Å². The van der Waals surface area contributed by atoms with Crippen LogP contribution in [0.5, 0.6) is 0 Å². The summed E-state index contributed by atoms with van der Waals surface area (Å²) < 4.78 is 5.86. The topological polar surface area (TPSA) is 41.6 Å². The highest BCUT2D eigenvalue weighted by molar-refractivity contribution is 5.91. The standard InChI is InChI=1S/C13H22N2O2/c16-12-13(6-7-13)14-10-15(12)8-9-17-11-4-2-1-3-5-11/h11,14H,1-10H2. The minimum Gasteiger partial charge on any atom is -0.376 e. The molecule has 0 aromatic carbocycles. The van der Waals surface area contributed by atoms with Crippen molar-refractivity contribution in [2.45, 2.75) is 56.6 Å². The van der Waals surface area contributed by atoms with Crippen LogP contribution in [0.25, 0.3) is 0 Å². The molecule has 0 aromatic heterocycles. The molecule has 2 saturated carbocycles. The quantitative estimate of drug-likeness (QED) is 0.801. The van der Waals surface area contributed by atoms with E-state index in [0.29, 0.717) is 25.3 Å². The number of nitrogens with zero attached hydrogens (tertiary/aromatic N) is 1. The summed E-state index contributed by atoms with van der Waals surface area (Å²) in [4.78, 5) is 13.9. The number of ether oxygens (including phenoxy) is 1. The van der Waals surface area contributed by atoms with E-state index in [2.05, 4.69) is 5.32 Å². The van der Waals surface area contributed by atoms with Gasteiger partial charge in [-0.15, -0.1) is 0 Å². The Morgan fingerprint density at radius 3 is 2.71 bits per heavy atom. The van der Waals surface area contributed by atoms with E-state index in [0.717, 1.165) is 19.4 Å². The molecule has 4 heteroatoms. The Balaban J connectivity index is 1.38. The summed E-state index contributed by atoms with van der Waals surface area (Å²) in [6.45, 7) is 2.17. The van der Waals surface area contributed by atoms with Gasteiger partial charge in [0.15, 0.2) is 0 Å². The lowest BCUT2D eigenvalue weighted by molar-refractivity contribution is -0.130. The van der Waals surface area contributed by atoms with Crippen molar-refractivity contribution in [3.05, 3.63) is 0 Å². The molecule has 1 heterocycles. The molecular formula is C13H22N2O2. The first kappa shape index (κ1) is 11.5. The van der Waals surface area contributed by atoms with E-state index in [1.54, 1.807) is 0 Å². The zero-order valence-electron chi connectivity index (χ0n) is 10.4. The second-order valence-corrected chi connectivity index (χ2v) is 5.62. The molecule has 3 fully saturated rings. The Kier molecular flexibility index (Phi) is 3.09. The first-order chi connectivity index (χ1) is 8.30. The molecule has 3 aliphatic rings. The smallest absolute Gasteiger partial charge is 0.244 e. The summed E-state index contributed by atoms with van der Waals surface area (Å²) in [7, 11) is 0. The molecule has 96 valence electrons. The Morgan fingerprint density at radius 1 is 1.29 bits per heavy atom. The van der Waals surface area contributed by atoms with Gasteiger partial charge >= 0.3 is 0 Å². The van der Waals surface area contributed by atoms with Gasteiger partial charge in [-0.2, -0.15) is 0 Å². The molecule has 1 spiro atoms. The molecule has 2 aliphatic carbocycles. The van der Waals surface area contributed by atoms with Crippen molar-refractivity contribution in [1.29, 1.82) is 0 Å². The van der Waals surface area contributed by atoms with Gasteiger partial charge in [-0.05, 0) is 25.7 Å². The maximum Gasteiger partial charge on any atom is 0.244 e. The third-order valence-electron chi connectivity index (χ3n) is 4.32. The van der Waals surface area contributed by atoms with Gasteiger partial charge in [-0.25, -0.2) is 0 Å². The predicted molar refractivity (Wildman–Crippen MR) is 64.5 cm³/mol. The molecule has 4 nitrogen and oxygen atoms in total. The first-order valence-electron chi connectivity index (χ1n) is 6.96. The van der Waals surface area contributed by atoms with Crippen LogP contribution in [0.3, 0.4) is 0 Å². The zero-order chi connectivity index (χ0) is 11.7. The first-order valence-corrected chi connectivity index (χ1v) is 6.96. The maximum absolute atomic E-state index is 12.0. The normalized spacial score (nSPS) is 28.0. The van der Waals surface area contributed by atoms with Gasteiger partial charge in [0, 0.05) is 6.54 Å². The lowest BCUT2D eigenvalue weighted by Crippen LogP contribution is -2.34. The van der Waals surface area contributed by atoms with Crippen LogP contribution in [-0.2, 0) is 9.53 Å². The number of nitrogens with one attached hydrogen (secondary N) is 1. The van der Waals surface area contributed by atoms with Gasteiger partial charge in [0.1, 0.15) is 0 Å². The Labute approximate surface area is 103 Å². The van der Waals surface area contributed by atoms with E-state index in [1.165, 1.54) is 32.1 Å². The van der Waals surface area contributed by atoms with E-state index >= 15 is 0 Å². The number of hydrogen-bond donors (Lipinski definition) is 1. The Morgan fingerprint density at radius 2 is 2.06 bits per heavy atom. The number of carbonyl (C=O) groups is 1. The van der Waals surface area contributed by atoms with Crippen molar-refractivity contribution < 1.29 is 9.53 Å². The second kappa shape index (κ2) is 4.58. The molecule has 1 amide bonds. The second-order valence-electron chi connectivity index (χ2n) is 5.62. The van der Waals surface area contributed by atoms with Crippen LogP contribution in [-0.4, -0.2) is 42.3 Å². The number of carbonyl (C=O) groups excluding carboxylic acids is 1. The van der Waals surface area contributed by atoms with Gasteiger partial charge in [0.05, 0.1) is 24.9 Å². The third kappa shape index (κ3) is 2.33. The molecule has 0 bridgehead atoms. The molecule has 0 atom stereocenters. The van der Waals surface area contributed by atoms with E-state index < -0.39 is 0 Å². The van der Waals surface area contributed by atoms with Crippen molar-refractivity contribution >= 4 is 5.91 Å². The van der Waals surface area contributed by atoms with Crippen molar-refractivity contribution in [2.24, 2.45) is 0 Å². The summed E-state index contributed by atoms with van der Waals surface area (Å²) in [5.41, 5.74) is -0.148. The number of amides is 1. The SMILES string of the molecule is O=C1N(CCOC2CCCCC2)CNC12CC2. The molecule has 0 radical (unpaired) electrons. The molecule has 3 rings (SSSR count). The minimum absolute atomic E-state index is 0.148. The van der Waals surface area contributed by atoms with Crippen LogP contribution in [0.4, 0.5) is 0 Å². The van der Waals surface area contributed by atoms with Crippen LogP contribution in [0.15, 0.2) is 0 Å². The van der Waals surface area contributed by atoms with Crippen LogP contribution in [0, 0.1) is 0 Å². The average Bonchev–Trinajstić information content (AvgIpc) is 3.09. The molecule has 1 aliphatic heterocycles. The van der Waals surface area contributed by atoms with Gasteiger partial charge in [0.25, 0.3) is 0 Å². The molecular weight excluding hydrogens is 216 g/mol. The number of hydrogen-bond acceptors (Lipinski definition) is 3. The summed E-state index contributed by atoms with van der Waals surface area (Å²) in [6.07, 6.45) is 8.86. The average molecular weight is 238 g/mol. The van der Waals surface area contributed by atoms with E-state index in [-0.39, 0.29) is 5.54 Å². The van der Waals surface area contributed by atoms with Gasteiger partial charge in [-0.3, -0.25) is 10.1 Å². The van der Waals surface area contributed by atoms with Gasteiger partial charge in [-0.1, -0.05) is 19.3 Å². The largest absolute Gasteiger partial charge is 0.376 e.